The molecule has 1 aliphatic carbocycles. The summed E-state index contributed by atoms with van der Waals surface area (Å²) in [5.74, 6) is 1.11. The second-order valence-corrected chi connectivity index (χ2v) is 5.96. The summed E-state index contributed by atoms with van der Waals surface area (Å²) in [6.45, 7) is 6.25. The van der Waals surface area contributed by atoms with Crippen molar-refractivity contribution in [1.29, 1.82) is 0 Å². The van der Waals surface area contributed by atoms with Crippen LogP contribution in [0, 0.1) is 5.41 Å². The molecule has 1 N–H and O–H groups in total. The van der Waals surface area contributed by atoms with Gasteiger partial charge in [0.1, 0.15) is 0 Å². The first kappa shape index (κ1) is 14.2. The Morgan fingerprint density at radius 3 is 2.79 bits per heavy atom. The predicted octanol–water partition coefficient (Wildman–Crippen LogP) is 2.08. The van der Waals surface area contributed by atoms with Gasteiger partial charge in [0.2, 0.25) is 5.89 Å². The molecule has 0 radical (unpaired) electrons. The molecule has 2 atom stereocenters. The fourth-order valence-corrected chi connectivity index (χ4v) is 2.98. The Balaban J connectivity index is 2.28. The van der Waals surface area contributed by atoms with Crippen molar-refractivity contribution in [1.82, 2.24) is 15.5 Å². The first-order valence-electron chi connectivity index (χ1n) is 7.03. The van der Waals surface area contributed by atoms with Crippen molar-refractivity contribution in [2.45, 2.75) is 58.4 Å². The lowest BCUT2D eigenvalue weighted by atomic mass is 9.79. The molecule has 1 fully saturated rings. The number of aryl methyl sites for hydroxylation is 1. The minimum Gasteiger partial charge on any atom is -0.339 e. The van der Waals surface area contributed by atoms with Crippen molar-refractivity contribution < 1.29 is 9.32 Å². The molecule has 0 saturated heterocycles. The summed E-state index contributed by atoms with van der Waals surface area (Å²) in [6.07, 6.45) is 3.55. The van der Waals surface area contributed by atoms with Gasteiger partial charge in [0, 0.05) is 6.42 Å². The molecule has 0 spiro atoms. The van der Waals surface area contributed by atoms with Gasteiger partial charge in [0.15, 0.2) is 11.6 Å². The first-order valence-corrected chi connectivity index (χ1v) is 7.03. The molecule has 1 aromatic rings. The van der Waals surface area contributed by atoms with Gasteiger partial charge in [-0.1, -0.05) is 32.3 Å². The number of carbonyl (C=O) groups excluding carboxylic acids is 1. The Labute approximate surface area is 114 Å². The zero-order valence-corrected chi connectivity index (χ0v) is 12.2. The van der Waals surface area contributed by atoms with E-state index >= 15 is 0 Å². The van der Waals surface area contributed by atoms with Crippen LogP contribution in [0.25, 0.3) is 0 Å². The number of rotatable bonds is 3. The van der Waals surface area contributed by atoms with Crippen molar-refractivity contribution in [2.75, 3.05) is 7.05 Å². The number of nitrogens with zero attached hydrogens (tertiary/aromatic N) is 2. The molecule has 19 heavy (non-hydrogen) atoms. The molecule has 2 rings (SSSR count). The molecule has 1 aliphatic rings. The van der Waals surface area contributed by atoms with E-state index in [9.17, 15) is 4.79 Å². The van der Waals surface area contributed by atoms with Gasteiger partial charge >= 0.3 is 0 Å². The van der Waals surface area contributed by atoms with E-state index in [-0.39, 0.29) is 23.2 Å². The van der Waals surface area contributed by atoms with Gasteiger partial charge < -0.3 is 9.84 Å². The van der Waals surface area contributed by atoms with E-state index in [0.717, 1.165) is 19.3 Å². The van der Waals surface area contributed by atoms with Crippen LogP contribution < -0.4 is 5.32 Å². The molecule has 2 unspecified atom stereocenters. The molecular formula is C14H23N3O2. The van der Waals surface area contributed by atoms with Crippen LogP contribution in [0.4, 0.5) is 0 Å². The van der Waals surface area contributed by atoms with E-state index in [1.165, 1.54) is 0 Å². The van der Waals surface area contributed by atoms with Crippen LogP contribution in [0.2, 0.25) is 0 Å². The average molecular weight is 265 g/mol. The fraction of sp³-hybridized carbons (Fsp3) is 0.786. The van der Waals surface area contributed by atoms with Crippen LogP contribution in [-0.4, -0.2) is 29.0 Å². The highest BCUT2D eigenvalue weighted by Crippen LogP contribution is 2.37. The summed E-state index contributed by atoms with van der Waals surface area (Å²) in [4.78, 5) is 17.0. The largest absolute Gasteiger partial charge is 0.339 e. The molecule has 1 aromatic heterocycles. The summed E-state index contributed by atoms with van der Waals surface area (Å²) in [5, 5.41) is 7.15. The summed E-state index contributed by atoms with van der Waals surface area (Å²) in [7, 11) is 1.85. The van der Waals surface area contributed by atoms with E-state index in [1.54, 1.807) is 0 Å². The topological polar surface area (TPSA) is 68.0 Å². The lowest BCUT2D eigenvalue weighted by Gasteiger charge is -2.31. The van der Waals surface area contributed by atoms with Crippen molar-refractivity contribution in [3.63, 3.8) is 0 Å². The Morgan fingerprint density at radius 2 is 2.21 bits per heavy atom. The van der Waals surface area contributed by atoms with E-state index in [4.69, 9.17) is 4.52 Å². The second-order valence-electron chi connectivity index (χ2n) is 5.96. The standard InChI is InChI=1S/C14H23N3O2/c1-5-10-16-13(17-19-10)9-7-6-8-14(2,3)12(15-4)11(9)18/h9,12,15H,5-8H2,1-4H3. The van der Waals surface area contributed by atoms with E-state index < -0.39 is 0 Å². The Bertz CT molecular complexity index is 453. The normalized spacial score (nSPS) is 27.3. The highest BCUT2D eigenvalue weighted by atomic mass is 16.5. The van der Waals surface area contributed by atoms with Crippen molar-refractivity contribution in [3.05, 3.63) is 11.7 Å². The van der Waals surface area contributed by atoms with Gasteiger partial charge in [-0.15, -0.1) is 0 Å². The maximum Gasteiger partial charge on any atom is 0.226 e. The van der Waals surface area contributed by atoms with Crippen LogP contribution in [-0.2, 0) is 11.2 Å². The zero-order chi connectivity index (χ0) is 14.0. The van der Waals surface area contributed by atoms with Gasteiger partial charge in [-0.05, 0) is 25.3 Å². The average Bonchev–Trinajstić information content (AvgIpc) is 2.79. The maximum atomic E-state index is 12.7. The third-order valence-electron chi connectivity index (χ3n) is 4.11. The van der Waals surface area contributed by atoms with Crippen LogP contribution in [0.1, 0.15) is 57.7 Å². The van der Waals surface area contributed by atoms with Gasteiger partial charge in [-0.25, -0.2) is 0 Å². The molecule has 5 heteroatoms. The van der Waals surface area contributed by atoms with Gasteiger partial charge in [-0.2, -0.15) is 4.98 Å². The van der Waals surface area contributed by atoms with Gasteiger partial charge in [0.25, 0.3) is 0 Å². The Kier molecular flexibility index (Phi) is 4.04. The summed E-state index contributed by atoms with van der Waals surface area (Å²) in [5.41, 5.74) is -0.0299. The third kappa shape index (κ3) is 2.71. The molecule has 0 aromatic carbocycles. The number of nitrogens with one attached hydrogen (secondary N) is 1. The lowest BCUT2D eigenvalue weighted by Crippen LogP contribution is -2.46. The monoisotopic (exact) mass is 265 g/mol. The molecule has 1 saturated carbocycles. The van der Waals surface area contributed by atoms with Crippen LogP contribution in [0.15, 0.2) is 4.52 Å². The maximum absolute atomic E-state index is 12.7. The number of ketones is 1. The van der Waals surface area contributed by atoms with E-state index in [1.807, 2.05) is 14.0 Å². The summed E-state index contributed by atoms with van der Waals surface area (Å²) in [6, 6.07) is -0.149. The number of hydrogen-bond donors (Lipinski definition) is 1. The third-order valence-corrected chi connectivity index (χ3v) is 4.11. The second kappa shape index (κ2) is 5.41. The Morgan fingerprint density at radius 1 is 1.47 bits per heavy atom. The SMILES string of the molecule is CCc1nc(C2CCCC(C)(C)C(NC)C2=O)no1. The quantitative estimate of drug-likeness (QED) is 0.847. The summed E-state index contributed by atoms with van der Waals surface area (Å²) >= 11 is 0. The van der Waals surface area contributed by atoms with Crippen molar-refractivity contribution >= 4 is 5.78 Å². The zero-order valence-electron chi connectivity index (χ0n) is 12.2. The highest BCUT2D eigenvalue weighted by molar-refractivity contribution is 5.90. The first-order chi connectivity index (χ1) is 8.99. The van der Waals surface area contributed by atoms with E-state index in [0.29, 0.717) is 18.1 Å². The molecular weight excluding hydrogens is 242 g/mol. The molecule has 106 valence electrons. The van der Waals surface area contributed by atoms with Crippen molar-refractivity contribution in [3.8, 4) is 0 Å². The van der Waals surface area contributed by atoms with E-state index in [2.05, 4.69) is 29.3 Å². The number of carbonyl (C=O) groups is 1. The molecule has 0 bridgehead atoms. The van der Waals surface area contributed by atoms with Crippen LogP contribution in [0.3, 0.4) is 0 Å². The minimum absolute atomic E-state index is 0.0299. The smallest absolute Gasteiger partial charge is 0.226 e. The lowest BCUT2D eigenvalue weighted by molar-refractivity contribution is -0.124. The van der Waals surface area contributed by atoms with Crippen LogP contribution in [0.5, 0.6) is 0 Å². The van der Waals surface area contributed by atoms with Crippen LogP contribution >= 0.6 is 0 Å². The predicted molar refractivity (Wildman–Crippen MR) is 71.9 cm³/mol. The van der Waals surface area contributed by atoms with Crippen molar-refractivity contribution in [2.24, 2.45) is 5.41 Å². The molecule has 0 aliphatic heterocycles. The summed E-state index contributed by atoms with van der Waals surface area (Å²) < 4.78 is 5.14. The highest BCUT2D eigenvalue weighted by Gasteiger charge is 2.41. The minimum atomic E-state index is -0.233. The fourth-order valence-electron chi connectivity index (χ4n) is 2.98. The Hall–Kier alpha value is -1.23. The molecule has 0 amide bonds. The number of likely N-dealkylation sites (N-methyl/N-ethyl adjacent to an activating group) is 1. The number of hydrogen-bond acceptors (Lipinski definition) is 5. The van der Waals surface area contributed by atoms with Gasteiger partial charge in [-0.3, -0.25) is 4.79 Å². The molecule has 1 heterocycles. The number of Topliss-reactive ketones (excluding diaryl/α,β-unsaturated/α-hetero) is 1. The molecule has 5 nitrogen and oxygen atoms in total. The number of aromatic nitrogens is 2. The van der Waals surface area contributed by atoms with Gasteiger partial charge in [0.05, 0.1) is 12.0 Å².